The number of hydrogen-bond donors (Lipinski definition) is 1. The van der Waals surface area contributed by atoms with Crippen LogP contribution >= 0.6 is 11.8 Å². The second kappa shape index (κ2) is 8.41. The maximum Gasteiger partial charge on any atom is -0.00262 e. The van der Waals surface area contributed by atoms with E-state index in [9.17, 15) is 0 Å². The Kier molecular flexibility index (Phi) is 8.64. The van der Waals surface area contributed by atoms with Gasteiger partial charge >= 0.3 is 0 Å². The van der Waals surface area contributed by atoms with Gasteiger partial charge in [-0.2, -0.15) is 11.8 Å². The van der Waals surface area contributed by atoms with E-state index in [0.717, 1.165) is 12.5 Å². The molecule has 1 nitrogen and oxygen atoms in total. The highest BCUT2D eigenvalue weighted by Gasteiger charge is 1.98. The van der Waals surface area contributed by atoms with Crippen molar-refractivity contribution in [3.63, 3.8) is 0 Å². The van der Waals surface area contributed by atoms with Gasteiger partial charge in [0.1, 0.15) is 0 Å². The third-order valence-electron chi connectivity index (χ3n) is 1.74. The fourth-order valence-electron chi connectivity index (χ4n) is 1.13. The van der Waals surface area contributed by atoms with Crippen molar-refractivity contribution in [3.8, 4) is 0 Å². The van der Waals surface area contributed by atoms with Crippen LogP contribution in [0, 0.1) is 5.92 Å². The fraction of sp³-hybridized carbons (Fsp3) is 1.00. The Bertz CT molecular complexity index is 76.0. The highest BCUT2D eigenvalue weighted by molar-refractivity contribution is 7.99. The van der Waals surface area contributed by atoms with Crippen LogP contribution in [0.4, 0.5) is 0 Å². The molecule has 0 saturated heterocycles. The first-order valence-electron chi connectivity index (χ1n) is 4.53. The summed E-state index contributed by atoms with van der Waals surface area (Å²) >= 11 is 2.05. The Morgan fingerprint density at radius 1 is 1.45 bits per heavy atom. The van der Waals surface area contributed by atoms with Crippen LogP contribution in [0.2, 0.25) is 0 Å². The molecule has 2 heteroatoms. The van der Waals surface area contributed by atoms with Crippen LogP contribution in [0.3, 0.4) is 0 Å². The summed E-state index contributed by atoms with van der Waals surface area (Å²) in [5.41, 5.74) is 0. The lowest BCUT2D eigenvalue weighted by atomic mass is 10.1. The lowest BCUT2D eigenvalue weighted by Gasteiger charge is -2.09. The molecule has 1 N–H and O–H groups in total. The second-order valence-corrected chi connectivity index (χ2v) is 4.40. The molecule has 0 saturated carbocycles. The molecule has 0 amide bonds. The zero-order valence-electron chi connectivity index (χ0n) is 8.02. The summed E-state index contributed by atoms with van der Waals surface area (Å²) < 4.78 is 0. The predicted molar refractivity (Wildman–Crippen MR) is 55.3 cm³/mol. The Morgan fingerprint density at radius 3 is 2.73 bits per heavy atom. The Labute approximate surface area is 75.3 Å². The molecular formula is C9H21NS. The zero-order chi connectivity index (χ0) is 8.53. The number of thioether (sulfide) groups is 1. The van der Waals surface area contributed by atoms with E-state index in [0.29, 0.717) is 0 Å². The van der Waals surface area contributed by atoms with Crippen LogP contribution in [0.15, 0.2) is 0 Å². The van der Waals surface area contributed by atoms with Crippen molar-refractivity contribution in [2.24, 2.45) is 5.92 Å². The molecule has 0 bridgehead atoms. The van der Waals surface area contributed by atoms with E-state index in [-0.39, 0.29) is 0 Å². The molecule has 11 heavy (non-hydrogen) atoms. The van der Waals surface area contributed by atoms with Crippen molar-refractivity contribution in [1.29, 1.82) is 0 Å². The first-order valence-corrected chi connectivity index (χ1v) is 5.69. The smallest absolute Gasteiger partial charge is 0.00262 e. The molecule has 1 atom stereocenters. The van der Waals surface area contributed by atoms with Gasteiger partial charge in [0, 0.05) is 0 Å². The first kappa shape index (κ1) is 11.3. The maximum atomic E-state index is 3.20. The highest BCUT2D eigenvalue weighted by Crippen LogP contribution is 2.08. The van der Waals surface area contributed by atoms with Crippen molar-refractivity contribution in [2.45, 2.75) is 26.7 Å². The number of rotatable bonds is 7. The molecule has 0 rings (SSSR count). The molecule has 0 aliphatic carbocycles. The van der Waals surface area contributed by atoms with Gasteiger partial charge in [-0.05, 0) is 43.9 Å². The summed E-state index contributed by atoms with van der Waals surface area (Å²) in [6, 6.07) is 0. The van der Waals surface area contributed by atoms with E-state index in [4.69, 9.17) is 0 Å². The standard InChI is InChI=1S/C9H21NS/c1-4-11-7-5-6-9(2)8-10-3/h9-10H,4-8H2,1-3H3. The Balaban J connectivity index is 2.97. The summed E-state index contributed by atoms with van der Waals surface area (Å²) in [5.74, 6) is 3.45. The molecular weight excluding hydrogens is 154 g/mol. The van der Waals surface area contributed by atoms with Gasteiger partial charge in [-0.25, -0.2) is 0 Å². The quantitative estimate of drug-likeness (QED) is 0.596. The lowest BCUT2D eigenvalue weighted by Crippen LogP contribution is -2.16. The molecule has 68 valence electrons. The van der Waals surface area contributed by atoms with Crippen molar-refractivity contribution >= 4 is 11.8 Å². The SMILES string of the molecule is CCSCCCC(C)CNC. The van der Waals surface area contributed by atoms with E-state index >= 15 is 0 Å². The number of nitrogens with one attached hydrogen (secondary N) is 1. The summed E-state index contributed by atoms with van der Waals surface area (Å²) in [6.45, 7) is 5.70. The summed E-state index contributed by atoms with van der Waals surface area (Å²) in [4.78, 5) is 0. The second-order valence-electron chi connectivity index (χ2n) is 3.00. The Morgan fingerprint density at radius 2 is 2.18 bits per heavy atom. The van der Waals surface area contributed by atoms with Crippen LogP contribution in [0.1, 0.15) is 26.7 Å². The van der Waals surface area contributed by atoms with E-state index in [2.05, 4.69) is 19.2 Å². The minimum Gasteiger partial charge on any atom is -0.319 e. The number of hydrogen-bond acceptors (Lipinski definition) is 2. The van der Waals surface area contributed by atoms with Crippen LogP contribution < -0.4 is 5.32 Å². The van der Waals surface area contributed by atoms with Crippen LogP contribution in [-0.2, 0) is 0 Å². The van der Waals surface area contributed by atoms with Crippen LogP contribution in [0.5, 0.6) is 0 Å². The van der Waals surface area contributed by atoms with E-state index in [1.54, 1.807) is 0 Å². The minimum absolute atomic E-state index is 0.845. The molecule has 0 aliphatic rings. The first-order chi connectivity index (χ1) is 5.31. The van der Waals surface area contributed by atoms with Gasteiger partial charge in [0.05, 0.1) is 0 Å². The summed E-state index contributed by atoms with van der Waals surface area (Å²) in [5, 5.41) is 3.20. The van der Waals surface area contributed by atoms with Gasteiger partial charge in [-0.1, -0.05) is 13.8 Å². The van der Waals surface area contributed by atoms with Crippen molar-refractivity contribution in [2.75, 3.05) is 25.1 Å². The maximum absolute atomic E-state index is 3.20. The van der Waals surface area contributed by atoms with Crippen LogP contribution in [-0.4, -0.2) is 25.1 Å². The molecule has 0 aromatic rings. The zero-order valence-corrected chi connectivity index (χ0v) is 8.84. The molecule has 0 radical (unpaired) electrons. The third-order valence-corrected chi connectivity index (χ3v) is 2.73. The molecule has 0 spiro atoms. The van der Waals surface area contributed by atoms with Gasteiger partial charge in [0.15, 0.2) is 0 Å². The van der Waals surface area contributed by atoms with E-state index < -0.39 is 0 Å². The molecule has 0 fully saturated rings. The van der Waals surface area contributed by atoms with Crippen molar-refractivity contribution < 1.29 is 0 Å². The molecule has 0 aromatic carbocycles. The van der Waals surface area contributed by atoms with Gasteiger partial charge < -0.3 is 5.32 Å². The fourth-order valence-corrected chi connectivity index (χ4v) is 1.79. The molecule has 0 heterocycles. The van der Waals surface area contributed by atoms with Gasteiger partial charge in [-0.3, -0.25) is 0 Å². The minimum atomic E-state index is 0.845. The molecule has 1 unspecified atom stereocenters. The van der Waals surface area contributed by atoms with Gasteiger partial charge in [0.25, 0.3) is 0 Å². The predicted octanol–water partition coefficient (Wildman–Crippen LogP) is 2.38. The van der Waals surface area contributed by atoms with Gasteiger partial charge in [0.2, 0.25) is 0 Å². The van der Waals surface area contributed by atoms with Crippen LogP contribution in [0.25, 0.3) is 0 Å². The monoisotopic (exact) mass is 175 g/mol. The Hall–Kier alpha value is 0.310. The van der Waals surface area contributed by atoms with Crippen molar-refractivity contribution in [3.05, 3.63) is 0 Å². The summed E-state index contributed by atoms with van der Waals surface area (Å²) in [7, 11) is 2.03. The lowest BCUT2D eigenvalue weighted by molar-refractivity contribution is 0.500. The average Bonchev–Trinajstić information content (AvgIpc) is 1.99. The molecule has 0 aromatic heterocycles. The van der Waals surface area contributed by atoms with E-state index in [1.807, 2.05) is 18.8 Å². The summed E-state index contributed by atoms with van der Waals surface area (Å²) in [6.07, 6.45) is 2.75. The normalized spacial score (nSPS) is 13.4. The molecule has 0 aliphatic heterocycles. The third kappa shape index (κ3) is 8.21. The van der Waals surface area contributed by atoms with Crippen molar-refractivity contribution in [1.82, 2.24) is 5.32 Å². The average molecular weight is 175 g/mol. The topological polar surface area (TPSA) is 12.0 Å². The van der Waals surface area contributed by atoms with Gasteiger partial charge in [-0.15, -0.1) is 0 Å². The largest absolute Gasteiger partial charge is 0.319 e. The van der Waals surface area contributed by atoms with E-state index in [1.165, 1.54) is 24.3 Å². The highest BCUT2D eigenvalue weighted by atomic mass is 32.2.